The average Bonchev–Trinajstić information content (AvgIpc) is 3.53. The monoisotopic (exact) mass is 571 g/mol. The maximum absolute atomic E-state index is 13.3. The van der Waals surface area contributed by atoms with Gasteiger partial charge in [0.15, 0.2) is 0 Å². The SMILES string of the molecule is CN1C(=O)C2=C(c3ccc(-c4ccc(/C=C(/C#N)C(=O)O)s4)cc3)N(C)C(=O)C2=C1c1ccc(Br)cc1. The molecule has 182 valence electrons. The third-order valence-corrected chi connectivity index (χ3v) is 7.87. The quantitative estimate of drug-likeness (QED) is 0.333. The predicted molar refractivity (Wildman–Crippen MR) is 145 cm³/mol. The summed E-state index contributed by atoms with van der Waals surface area (Å²) in [4.78, 5) is 42.4. The molecule has 0 atom stereocenters. The Labute approximate surface area is 225 Å². The highest BCUT2D eigenvalue weighted by molar-refractivity contribution is 9.10. The molecule has 2 amide bonds. The van der Waals surface area contributed by atoms with E-state index in [1.165, 1.54) is 27.2 Å². The van der Waals surface area contributed by atoms with Crippen molar-refractivity contribution in [1.29, 1.82) is 5.26 Å². The lowest BCUT2D eigenvalue weighted by Crippen LogP contribution is -2.25. The lowest BCUT2D eigenvalue weighted by atomic mass is 10.0. The van der Waals surface area contributed by atoms with Gasteiger partial charge in [-0.3, -0.25) is 9.59 Å². The molecule has 2 aliphatic rings. The summed E-state index contributed by atoms with van der Waals surface area (Å²) in [6, 6.07) is 20.3. The fourth-order valence-electron chi connectivity index (χ4n) is 4.47. The zero-order valence-electron chi connectivity index (χ0n) is 19.7. The number of hydrogen-bond donors (Lipinski definition) is 1. The van der Waals surface area contributed by atoms with Crippen molar-refractivity contribution in [3.05, 3.63) is 97.9 Å². The summed E-state index contributed by atoms with van der Waals surface area (Å²) >= 11 is 4.78. The molecule has 5 rings (SSSR count). The lowest BCUT2D eigenvalue weighted by Gasteiger charge is -2.20. The summed E-state index contributed by atoms with van der Waals surface area (Å²) in [5, 5.41) is 18.1. The summed E-state index contributed by atoms with van der Waals surface area (Å²) in [5.41, 5.74) is 4.02. The lowest BCUT2D eigenvalue weighted by molar-refractivity contribution is -0.132. The Hall–Kier alpha value is -4.26. The molecule has 2 aliphatic heterocycles. The Morgan fingerprint density at radius 2 is 1.35 bits per heavy atom. The maximum atomic E-state index is 13.3. The van der Waals surface area contributed by atoms with E-state index in [0.29, 0.717) is 27.4 Å². The normalized spacial score (nSPS) is 15.6. The van der Waals surface area contributed by atoms with E-state index >= 15 is 0 Å². The number of carboxylic acids is 1. The molecule has 1 aromatic heterocycles. The van der Waals surface area contributed by atoms with Gasteiger partial charge in [0.1, 0.15) is 11.6 Å². The number of halogens is 1. The first-order chi connectivity index (χ1) is 17.7. The maximum Gasteiger partial charge on any atom is 0.346 e. The van der Waals surface area contributed by atoms with E-state index in [-0.39, 0.29) is 17.4 Å². The molecule has 37 heavy (non-hydrogen) atoms. The fourth-order valence-corrected chi connectivity index (χ4v) is 5.69. The first-order valence-corrected chi connectivity index (χ1v) is 12.7. The zero-order valence-corrected chi connectivity index (χ0v) is 22.1. The van der Waals surface area contributed by atoms with Crippen molar-refractivity contribution in [2.75, 3.05) is 14.1 Å². The van der Waals surface area contributed by atoms with Crippen LogP contribution in [0.4, 0.5) is 0 Å². The highest BCUT2D eigenvalue weighted by Crippen LogP contribution is 2.45. The van der Waals surface area contributed by atoms with Crippen LogP contribution < -0.4 is 0 Å². The number of nitrogens with zero attached hydrogens (tertiary/aromatic N) is 3. The van der Waals surface area contributed by atoms with Crippen LogP contribution in [0.25, 0.3) is 27.9 Å². The first-order valence-electron chi connectivity index (χ1n) is 11.1. The van der Waals surface area contributed by atoms with Crippen LogP contribution in [-0.4, -0.2) is 46.8 Å². The van der Waals surface area contributed by atoms with Gasteiger partial charge in [-0.25, -0.2) is 4.79 Å². The number of aliphatic carboxylic acids is 1. The molecule has 7 nitrogen and oxygen atoms in total. The van der Waals surface area contributed by atoms with E-state index in [4.69, 9.17) is 10.4 Å². The van der Waals surface area contributed by atoms with Crippen molar-refractivity contribution < 1.29 is 19.5 Å². The number of carbonyl (C=O) groups excluding carboxylic acids is 2. The van der Waals surface area contributed by atoms with Crippen LogP contribution in [0, 0.1) is 11.3 Å². The molecule has 0 saturated heterocycles. The number of carboxylic acid groups (broad SMARTS) is 1. The molecule has 0 saturated carbocycles. The summed E-state index contributed by atoms with van der Waals surface area (Å²) in [5.74, 6) is -1.73. The first kappa shape index (κ1) is 24.4. The molecule has 0 bridgehead atoms. The summed E-state index contributed by atoms with van der Waals surface area (Å²) in [6.07, 6.45) is 1.34. The molecule has 0 radical (unpaired) electrons. The minimum atomic E-state index is -1.27. The van der Waals surface area contributed by atoms with Crippen LogP contribution in [0.1, 0.15) is 16.0 Å². The third kappa shape index (κ3) is 4.10. The van der Waals surface area contributed by atoms with Gasteiger partial charge in [-0.05, 0) is 47.0 Å². The topological polar surface area (TPSA) is 102 Å². The van der Waals surface area contributed by atoms with Crippen LogP contribution >= 0.6 is 27.3 Å². The molecule has 0 spiro atoms. The van der Waals surface area contributed by atoms with Crippen LogP contribution in [0.5, 0.6) is 0 Å². The number of rotatable bonds is 5. The number of nitriles is 1. The molecule has 0 aliphatic carbocycles. The van der Waals surface area contributed by atoms with Crippen molar-refractivity contribution in [1.82, 2.24) is 9.80 Å². The van der Waals surface area contributed by atoms with E-state index in [0.717, 1.165) is 26.0 Å². The van der Waals surface area contributed by atoms with Crippen molar-refractivity contribution in [2.24, 2.45) is 0 Å². The Morgan fingerprint density at radius 1 is 0.865 bits per heavy atom. The number of benzene rings is 2. The number of carbonyl (C=O) groups is 3. The summed E-state index contributed by atoms with van der Waals surface area (Å²) in [7, 11) is 3.35. The molecule has 2 aromatic carbocycles. The smallest absolute Gasteiger partial charge is 0.346 e. The van der Waals surface area contributed by atoms with Gasteiger partial charge in [-0.15, -0.1) is 11.3 Å². The van der Waals surface area contributed by atoms with Crippen molar-refractivity contribution >= 4 is 62.5 Å². The van der Waals surface area contributed by atoms with Gasteiger partial charge in [0.25, 0.3) is 11.8 Å². The van der Waals surface area contributed by atoms with Crippen LogP contribution in [0.2, 0.25) is 0 Å². The van der Waals surface area contributed by atoms with E-state index in [9.17, 15) is 14.4 Å². The largest absolute Gasteiger partial charge is 0.477 e. The number of hydrogen-bond acceptors (Lipinski definition) is 5. The third-order valence-electron chi connectivity index (χ3n) is 6.26. The number of amides is 2. The molecule has 0 unspecified atom stereocenters. The van der Waals surface area contributed by atoms with Crippen LogP contribution in [0.15, 0.2) is 81.9 Å². The second-order valence-electron chi connectivity index (χ2n) is 8.44. The minimum absolute atomic E-state index is 0.230. The van der Waals surface area contributed by atoms with Crippen molar-refractivity contribution in [3.63, 3.8) is 0 Å². The van der Waals surface area contributed by atoms with Crippen molar-refractivity contribution in [2.45, 2.75) is 0 Å². The van der Waals surface area contributed by atoms with Gasteiger partial charge in [0, 0.05) is 28.3 Å². The Kier molecular flexibility index (Phi) is 6.15. The second-order valence-corrected chi connectivity index (χ2v) is 10.5. The van der Waals surface area contributed by atoms with Gasteiger partial charge >= 0.3 is 5.97 Å². The molecule has 3 aromatic rings. The highest BCUT2D eigenvalue weighted by atomic mass is 79.9. The summed E-state index contributed by atoms with van der Waals surface area (Å²) in [6.45, 7) is 0. The number of thiophene rings is 1. The van der Waals surface area contributed by atoms with E-state index < -0.39 is 5.97 Å². The molecule has 3 heterocycles. The summed E-state index contributed by atoms with van der Waals surface area (Å²) < 4.78 is 0.904. The Morgan fingerprint density at radius 3 is 1.84 bits per heavy atom. The van der Waals surface area contributed by atoms with Gasteiger partial charge < -0.3 is 14.9 Å². The molecular weight excluding hydrogens is 554 g/mol. The van der Waals surface area contributed by atoms with Crippen LogP contribution in [0.3, 0.4) is 0 Å². The highest BCUT2D eigenvalue weighted by Gasteiger charge is 2.46. The van der Waals surface area contributed by atoms with E-state index in [2.05, 4.69) is 15.9 Å². The van der Waals surface area contributed by atoms with Gasteiger partial charge in [0.05, 0.1) is 22.5 Å². The number of fused-ring (bicyclic) bond motifs is 1. The molecule has 9 heteroatoms. The minimum Gasteiger partial charge on any atom is -0.477 e. The second kappa shape index (κ2) is 9.32. The molecular formula is C28H18BrN3O4S. The average molecular weight is 572 g/mol. The van der Waals surface area contributed by atoms with Gasteiger partial charge in [0.2, 0.25) is 0 Å². The van der Waals surface area contributed by atoms with Crippen molar-refractivity contribution in [3.8, 4) is 16.5 Å². The van der Waals surface area contributed by atoms with E-state index in [1.54, 1.807) is 26.2 Å². The van der Waals surface area contributed by atoms with Crippen LogP contribution in [-0.2, 0) is 14.4 Å². The molecule has 0 fully saturated rings. The standard InChI is InChI=1S/C28H18BrN3O4S/c1-31-24(22-23(27(31)34)25(32(2)26(22)33)17-7-9-19(29)10-8-17)16-5-3-15(4-6-16)21-12-11-20(37-21)13-18(14-30)28(35)36/h3-13H,1-2H3,(H,35,36)/b18-13-. The number of likely N-dealkylation sites (N-methyl/N-ethyl adjacent to an activating group) is 2. The van der Waals surface area contributed by atoms with Gasteiger partial charge in [-0.2, -0.15) is 5.26 Å². The molecule has 1 N–H and O–H groups in total. The van der Waals surface area contributed by atoms with E-state index in [1.807, 2.05) is 54.6 Å². The van der Waals surface area contributed by atoms with Gasteiger partial charge in [-0.1, -0.05) is 52.3 Å². The predicted octanol–water partition coefficient (Wildman–Crippen LogP) is 5.24. The Bertz CT molecular complexity index is 1620. The zero-order chi connectivity index (χ0) is 26.4. The Balaban J connectivity index is 1.53. The fraction of sp³-hybridized carbons (Fsp3) is 0.0714.